The molecule has 0 radical (unpaired) electrons. The van der Waals surface area contributed by atoms with Crippen LogP contribution in [0.5, 0.6) is 0 Å². The summed E-state index contributed by atoms with van der Waals surface area (Å²) < 4.78 is 3.97. The Morgan fingerprint density at radius 3 is 1.75 bits per heavy atom. The van der Waals surface area contributed by atoms with E-state index in [1.165, 1.54) is 0 Å². The Balaban J connectivity index is 0.000000428. The average Bonchev–Trinajstić information content (AvgIpc) is 2.79. The van der Waals surface area contributed by atoms with E-state index in [1.54, 1.807) is 0 Å². The molecule has 0 aromatic heterocycles. The van der Waals surface area contributed by atoms with Gasteiger partial charge in [0.25, 0.3) is 0 Å². The zero-order chi connectivity index (χ0) is 15.9. The number of carbonyl (C=O) groups is 3. The predicted molar refractivity (Wildman–Crippen MR) is 59.0 cm³/mol. The van der Waals surface area contributed by atoms with Crippen molar-refractivity contribution in [2.75, 3.05) is 6.61 Å². The molecule has 0 amide bonds. The number of esters is 2. The molecular formula is C10H14O10. The first-order valence-corrected chi connectivity index (χ1v) is 5.20. The maximum atomic E-state index is 10.1. The Morgan fingerprint density at radius 2 is 1.50 bits per heavy atom. The molecule has 1 heterocycles. The van der Waals surface area contributed by atoms with Crippen LogP contribution in [0.25, 0.3) is 0 Å². The summed E-state index contributed by atoms with van der Waals surface area (Å²) in [4.78, 5) is 29.9. The molecule has 0 spiro atoms. The molecule has 4 atom stereocenters. The lowest BCUT2D eigenvalue weighted by Gasteiger charge is -2.23. The third kappa shape index (κ3) is 5.86. The highest BCUT2D eigenvalue weighted by Gasteiger charge is 2.33. The zero-order valence-corrected chi connectivity index (χ0v) is 9.99. The minimum Gasteiger partial charge on any atom is -0.479 e. The van der Waals surface area contributed by atoms with E-state index in [4.69, 9.17) is 30.6 Å². The van der Waals surface area contributed by atoms with Crippen molar-refractivity contribution in [3.8, 4) is 0 Å². The van der Waals surface area contributed by atoms with Crippen LogP contribution in [0, 0.1) is 0 Å². The number of aliphatic hydroxyl groups excluding tert-OH is 5. The molecule has 0 bridgehead atoms. The molecule has 0 saturated carbocycles. The molecule has 0 fully saturated rings. The summed E-state index contributed by atoms with van der Waals surface area (Å²) in [6, 6.07) is 0. The zero-order valence-electron chi connectivity index (χ0n) is 9.99. The second kappa shape index (κ2) is 8.35. The van der Waals surface area contributed by atoms with Gasteiger partial charge in [0, 0.05) is 12.2 Å². The topological polar surface area (TPSA) is 182 Å². The first-order valence-electron chi connectivity index (χ1n) is 5.20. The lowest BCUT2D eigenvalue weighted by Crippen LogP contribution is -2.48. The number of rotatable bonds is 5. The van der Waals surface area contributed by atoms with Crippen LogP contribution in [-0.2, 0) is 19.1 Å². The second-order valence-corrected chi connectivity index (χ2v) is 3.59. The third-order valence-electron chi connectivity index (χ3n) is 2.06. The molecule has 10 heteroatoms. The molecule has 20 heavy (non-hydrogen) atoms. The first-order chi connectivity index (χ1) is 9.20. The van der Waals surface area contributed by atoms with Gasteiger partial charge >= 0.3 is 17.9 Å². The minimum atomic E-state index is -2.20. The van der Waals surface area contributed by atoms with Gasteiger partial charge in [0.05, 0.1) is 6.61 Å². The number of hydrogen-bond donors (Lipinski definition) is 6. The number of carbonyl (C=O) groups excluding carboxylic acids is 2. The Hall–Kier alpha value is -1.85. The van der Waals surface area contributed by atoms with E-state index >= 15 is 0 Å². The molecule has 1 aliphatic heterocycles. The van der Waals surface area contributed by atoms with Crippen LogP contribution in [0.1, 0.15) is 0 Å². The van der Waals surface area contributed by atoms with Gasteiger partial charge < -0.3 is 35.4 Å². The van der Waals surface area contributed by atoms with Gasteiger partial charge in [0.1, 0.15) is 18.3 Å². The van der Waals surface area contributed by atoms with Crippen molar-refractivity contribution in [3.05, 3.63) is 12.2 Å². The van der Waals surface area contributed by atoms with Crippen molar-refractivity contribution in [2.45, 2.75) is 24.4 Å². The van der Waals surface area contributed by atoms with Gasteiger partial charge in [0.15, 0.2) is 6.10 Å². The number of cyclic esters (lactones) is 2. The van der Waals surface area contributed by atoms with E-state index in [2.05, 4.69) is 4.74 Å². The van der Waals surface area contributed by atoms with Gasteiger partial charge in [-0.1, -0.05) is 0 Å². The summed E-state index contributed by atoms with van der Waals surface area (Å²) >= 11 is 0. The lowest BCUT2D eigenvalue weighted by atomic mass is 10.0. The fourth-order valence-electron chi connectivity index (χ4n) is 0.972. The van der Waals surface area contributed by atoms with Gasteiger partial charge in [-0.25, -0.2) is 14.4 Å². The molecule has 10 nitrogen and oxygen atoms in total. The molecule has 0 aromatic carbocycles. The molecule has 1 aliphatic rings. The first kappa shape index (κ1) is 18.1. The average molecular weight is 294 g/mol. The maximum Gasteiger partial charge on any atom is 0.338 e. The molecule has 114 valence electrons. The second-order valence-electron chi connectivity index (χ2n) is 3.59. The monoisotopic (exact) mass is 294 g/mol. The Kier molecular flexibility index (Phi) is 7.57. The van der Waals surface area contributed by atoms with E-state index in [0.717, 1.165) is 12.2 Å². The van der Waals surface area contributed by atoms with Crippen molar-refractivity contribution in [3.63, 3.8) is 0 Å². The van der Waals surface area contributed by atoms with E-state index in [0.29, 0.717) is 0 Å². The van der Waals surface area contributed by atoms with Gasteiger partial charge in [-0.2, -0.15) is 0 Å². The highest BCUT2D eigenvalue weighted by molar-refractivity contribution is 6.04. The summed E-state index contributed by atoms with van der Waals surface area (Å²) in [5, 5.41) is 51.8. The van der Waals surface area contributed by atoms with Crippen molar-refractivity contribution in [1.29, 1.82) is 0 Å². The fourth-order valence-corrected chi connectivity index (χ4v) is 0.972. The van der Waals surface area contributed by atoms with Crippen molar-refractivity contribution in [1.82, 2.24) is 0 Å². The highest BCUT2D eigenvalue weighted by atomic mass is 16.6. The van der Waals surface area contributed by atoms with Gasteiger partial charge in [0.2, 0.25) is 0 Å². The van der Waals surface area contributed by atoms with Crippen LogP contribution < -0.4 is 0 Å². The van der Waals surface area contributed by atoms with Gasteiger partial charge in [-0.05, 0) is 0 Å². The summed E-state index contributed by atoms with van der Waals surface area (Å²) in [7, 11) is 0. The minimum absolute atomic E-state index is 0.579. The fraction of sp³-hybridized carbons (Fsp3) is 0.500. The number of hydrogen-bond acceptors (Lipinski definition) is 9. The van der Waals surface area contributed by atoms with E-state index in [-0.39, 0.29) is 0 Å². The van der Waals surface area contributed by atoms with Crippen LogP contribution in [-0.4, -0.2) is 79.6 Å². The SMILES string of the molecule is O=C(O)[C@H](O)[C@@H](O)[C@H](O)[C@H](O)CO.O=C1C=CC(=O)O1. The lowest BCUT2D eigenvalue weighted by molar-refractivity contribution is -0.164. The quantitative estimate of drug-likeness (QED) is 0.217. The summed E-state index contributed by atoms with van der Waals surface area (Å²) in [6.45, 7) is -0.843. The largest absolute Gasteiger partial charge is 0.479 e. The van der Waals surface area contributed by atoms with Gasteiger partial charge in [-0.15, -0.1) is 0 Å². The van der Waals surface area contributed by atoms with E-state index in [1.807, 2.05) is 0 Å². The molecular weight excluding hydrogens is 280 g/mol. The summed E-state index contributed by atoms with van der Waals surface area (Å²) in [5.41, 5.74) is 0. The third-order valence-corrected chi connectivity index (χ3v) is 2.06. The van der Waals surface area contributed by atoms with E-state index < -0.39 is 48.9 Å². The van der Waals surface area contributed by atoms with Crippen molar-refractivity contribution >= 4 is 17.9 Å². The molecule has 0 saturated heterocycles. The standard InChI is InChI=1S/C6H12O7.C4H2O3/c7-1-2(8)3(9)4(10)5(11)6(12)13;5-3-1-2-4(6)7-3/h2-5,7-11H,1H2,(H,12,13);1-2H/t2-,3-,4+,5-;/m1./s1. The van der Waals surface area contributed by atoms with Crippen LogP contribution in [0.15, 0.2) is 12.2 Å². The smallest absolute Gasteiger partial charge is 0.338 e. The Bertz CT molecular complexity index is 373. The summed E-state index contributed by atoms with van der Waals surface area (Å²) in [5.74, 6) is -2.88. The number of ether oxygens (including phenoxy) is 1. The Labute approximate surface area is 112 Å². The number of aliphatic hydroxyl groups is 5. The Morgan fingerprint density at radius 1 is 1.05 bits per heavy atom. The van der Waals surface area contributed by atoms with Crippen molar-refractivity contribution in [2.24, 2.45) is 0 Å². The number of carboxylic acids is 1. The number of carboxylic acid groups (broad SMARTS) is 1. The van der Waals surface area contributed by atoms with Crippen LogP contribution in [0.4, 0.5) is 0 Å². The van der Waals surface area contributed by atoms with E-state index in [9.17, 15) is 14.4 Å². The van der Waals surface area contributed by atoms with Gasteiger partial charge in [-0.3, -0.25) is 0 Å². The van der Waals surface area contributed by atoms with Crippen LogP contribution >= 0.6 is 0 Å². The predicted octanol–water partition coefficient (Wildman–Crippen LogP) is -3.87. The summed E-state index contributed by atoms with van der Waals surface area (Å²) in [6.07, 6.45) is -5.67. The molecule has 6 N–H and O–H groups in total. The highest BCUT2D eigenvalue weighted by Crippen LogP contribution is 2.04. The molecule has 0 unspecified atom stereocenters. The maximum absolute atomic E-state index is 10.1. The van der Waals surface area contributed by atoms with Crippen LogP contribution in [0.2, 0.25) is 0 Å². The number of aliphatic carboxylic acids is 1. The van der Waals surface area contributed by atoms with Crippen molar-refractivity contribution < 1.29 is 49.8 Å². The molecule has 1 rings (SSSR count). The van der Waals surface area contributed by atoms with Crippen LogP contribution in [0.3, 0.4) is 0 Å². The molecule has 0 aliphatic carbocycles. The normalized spacial score (nSPS) is 19.4. The molecule has 0 aromatic rings.